The highest BCUT2D eigenvalue weighted by atomic mass is 79.9. The van der Waals surface area contributed by atoms with E-state index in [0.717, 1.165) is 4.47 Å². The molecule has 0 saturated carbocycles. The molecular weight excluding hydrogens is 358 g/mol. The maximum absolute atomic E-state index is 3.69. The number of aromatic nitrogens is 1. The molecule has 24 heavy (non-hydrogen) atoms. The normalized spacial score (nSPS) is 11.5. The maximum atomic E-state index is 3.69. The minimum Gasteiger partial charge on any atom is -0.309 e. The zero-order chi connectivity index (χ0) is 16.1. The van der Waals surface area contributed by atoms with Crippen LogP contribution in [0.2, 0.25) is 0 Å². The summed E-state index contributed by atoms with van der Waals surface area (Å²) in [5, 5.41) is 5.14. The lowest BCUT2D eigenvalue weighted by Gasteiger charge is -2.08. The van der Waals surface area contributed by atoms with Gasteiger partial charge in [0.25, 0.3) is 0 Å². The highest BCUT2D eigenvalue weighted by Crippen LogP contribution is 2.38. The molecular formula is C22H14BrN. The zero-order valence-corrected chi connectivity index (χ0v) is 14.5. The van der Waals surface area contributed by atoms with Crippen LogP contribution in [-0.4, -0.2) is 4.57 Å². The Morgan fingerprint density at radius 1 is 0.542 bits per heavy atom. The van der Waals surface area contributed by atoms with E-state index >= 15 is 0 Å². The van der Waals surface area contributed by atoms with Crippen molar-refractivity contribution in [2.24, 2.45) is 0 Å². The van der Waals surface area contributed by atoms with Gasteiger partial charge in [0, 0.05) is 20.9 Å². The predicted octanol–water partition coefficient (Wildman–Crippen LogP) is 6.70. The molecule has 0 aliphatic carbocycles. The Kier molecular flexibility index (Phi) is 3.00. The predicted molar refractivity (Wildman–Crippen MR) is 106 cm³/mol. The first-order valence-corrected chi connectivity index (χ1v) is 8.80. The Balaban J connectivity index is 2.07. The smallest absolute Gasteiger partial charge is 0.0547 e. The van der Waals surface area contributed by atoms with Crippen molar-refractivity contribution in [1.82, 2.24) is 4.57 Å². The van der Waals surface area contributed by atoms with Gasteiger partial charge in [-0.3, -0.25) is 0 Å². The van der Waals surface area contributed by atoms with Gasteiger partial charge in [0.1, 0.15) is 0 Å². The number of hydrogen-bond acceptors (Lipinski definition) is 0. The Bertz CT molecular complexity index is 1200. The highest BCUT2D eigenvalue weighted by molar-refractivity contribution is 9.10. The molecule has 0 unspecified atom stereocenters. The van der Waals surface area contributed by atoms with Gasteiger partial charge in [-0.25, -0.2) is 0 Å². The molecule has 114 valence electrons. The first-order chi connectivity index (χ1) is 11.8. The van der Waals surface area contributed by atoms with E-state index in [2.05, 4.69) is 105 Å². The third kappa shape index (κ3) is 1.87. The molecule has 0 radical (unpaired) electrons. The maximum Gasteiger partial charge on any atom is 0.0547 e. The van der Waals surface area contributed by atoms with Crippen LogP contribution in [-0.2, 0) is 0 Å². The van der Waals surface area contributed by atoms with Crippen LogP contribution < -0.4 is 0 Å². The molecule has 4 aromatic carbocycles. The zero-order valence-electron chi connectivity index (χ0n) is 12.9. The molecule has 5 aromatic rings. The summed E-state index contributed by atoms with van der Waals surface area (Å²) in [6.45, 7) is 0. The molecule has 0 atom stereocenters. The van der Waals surface area contributed by atoms with Crippen LogP contribution in [0.4, 0.5) is 0 Å². The summed E-state index contributed by atoms with van der Waals surface area (Å²) < 4.78 is 3.49. The van der Waals surface area contributed by atoms with Gasteiger partial charge in [0.2, 0.25) is 0 Å². The second-order valence-electron chi connectivity index (χ2n) is 5.98. The topological polar surface area (TPSA) is 4.93 Å². The van der Waals surface area contributed by atoms with Gasteiger partial charge in [-0.1, -0.05) is 70.5 Å². The van der Waals surface area contributed by atoms with E-state index in [1.165, 1.54) is 38.3 Å². The molecule has 1 aromatic heterocycles. The molecule has 0 N–H and O–H groups in total. The van der Waals surface area contributed by atoms with Gasteiger partial charge < -0.3 is 4.57 Å². The van der Waals surface area contributed by atoms with Gasteiger partial charge in [-0.05, 0) is 41.1 Å². The van der Waals surface area contributed by atoms with Crippen molar-refractivity contribution in [2.75, 3.05) is 0 Å². The summed E-state index contributed by atoms with van der Waals surface area (Å²) in [4.78, 5) is 0. The van der Waals surface area contributed by atoms with Crippen molar-refractivity contribution in [1.29, 1.82) is 0 Å². The largest absolute Gasteiger partial charge is 0.309 e. The van der Waals surface area contributed by atoms with Crippen molar-refractivity contribution < 1.29 is 0 Å². The SMILES string of the molecule is Brc1cccc2c1ccc1c2c2ccccc2n1-c1ccccc1. The van der Waals surface area contributed by atoms with E-state index in [1.807, 2.05) is 0 Å². The van der Waals surface area contributed by atoms with E-state index in [9.17, 15) is 0 Å². The summed E-state index contributed by atoms with van der Waals surface area (Å²) in [5.41, 5.74) is 3.68. The van der Waals surface area contributed by atoms with Gasteiger partial charge in [-0.15, -0.1) is 0 Å². The minimum absolute atomic E-state index is 1.14. The monoisotopic (exact) mass is 371 g/mol. The van der Waals surface area contributed by atoms with Gasteiger partial charge in [-0.2, -0.15) is 0 Å². The standard InChI is InChI=1S/C22H14BrN/c23-19-11-6-10-17-16(19)13-14-21-22(17)18-9-4-5-12-20(18)24(21)15-7-2-1-3-8-15/h1-14H. The van der Waals surface area contributed by atoms with Gasteiger partial charge in [0.05, 0.1) is 11.0 Å². The lowest BCUT2D eigenvalue weighted by molar-refractivity contribution is 1.18. The first-order valence-electron chi connectivity index (χ1n) is 8.00. The van der Waals surface area contributed by atoms with Crippen LogP contribution in [0.3, 0.4) is 0 Å². The fraction of sp³-hybridized carbons (Fsp3) is 0. The molecule has 0 bridgehead atoms. The fourth-order valence-electron chi connectivity index (χ4n) is 3.64. The van der Waals surface area contributed by atoms with E-state index in [4.69, 9.17) is 0 Å². The molecule has 1 heterocycles. The van der Waals surface area contributed by atoms with Crippen molar-refractivity contribution in [3.05, 3.63) is 89.4 Å². The molecule has 5 rings (SSSR count). The average molecular weight is 372 g/mol. The van der Waals surface area contributed by atoms with Gasteiger partial charge >= 0.3 is 0 Å². The minimum atomic E-state index is 1.14. The quantitative estimate of drug-likeness (QED) is 0.309. The van der Waals surface area contributed by atoms with Crippen molar-refractivity contribution >= 4 is 48.5 Å². The number of fused-ring (bicyclic) bond motifs is 5. The summed E-state index contributed by atoms with van der Waals surface area (Å²) in [5.74, 6) is 0. The summed E-state index contributed by atoms with van der Waals surface area (Å²) in [6.07, 6.45) is 0. The molecule has 0 spiro atoms. The van der Waals surface area contributed by atoms with Crippen LogP contribution in [0.15, 0.2) is 89.4 Å². The molecule has 0 aliphatic rings. The van der Waals surface area contributed by atoms with E-state index < -0.39 is 0 Å². The lowest BCUT2D eigenvalue weighted by atomic mass is 10.0. The third-order valence-corrected chi connectivity index (χ3v) is 5.35. The lowest BCUT2D eigenvalue weighted by Crippen LogP contribution is -1.92. The Hall–Kier alpha value is -2.58. The van der Waals surface area contributed by atoms with E-state index in [0.29, 0.717) is 0 Å². The van der Waals surface area contributed by atoms with Crippen LogP contribution in [0, 0.1) is 0 Å². The van der Waals surface area contributed by atoms with Crippen LogP contribution in [0.5, 0.6) is 0 Å². The first kappa shape index (κ1) is 13.8. The van der Waals surface area contributed by atoms with E-state index in [-0.39, 0.29) is 0 Å². The molecule has 0 fully saturated rings. The van der Waals surface area contributed by atoms with Crippen molar-refractivity contribution in [2.45, 2.75) is 0 Å². The molecule has 2 heteroatoms. The number of nitrogens with zero attached hydrogens (tertiary/aromatic N) is 1. The number of halogens is 1. The van der Waals surface area contributed by atoms with Crippen molar-refractivity contribution in [3.8, 4) is 5.69 Å². The second kappa shape index (κ2) is 5.22. The summed E-state index contributed by atoms with van der Waals surface area (Å²) in [7, 11) is 0. The molecule has 1 nitrogen and oxygen atoms in total. The Morgan fingerprint density at radius 3 is 2.17 bits per heavy atom. The van der Waals surface area contributed by atoms with Crippen LogP contribution in [0.25, 0.3) is 38.3 Å². The number of hydrogen-bond donors (Lipinski definition) is 0. The average Bonchev–Trinajstić information content (AvgIpc) is 2.97. The van der Waals surface area contributed by atoms with E-state index in [1.54, 1.807) is 0 Å². The molecule has 0 amide bonds. The van der Waals surface area contributed by atoms with Gasteiger partial charge in [0.15, 0.2) is 0 Å². The Morgan fingerprint density at radius 2 is 1.29 bits per heavy atom. The van der Waals surface area contributed by atoms with Crippen LogP contribution >= 0.6 is 15.9 Å². The number of para-hydroxylation sites is 2. The van der Waals surface area contributed by atoms with Crippen LogP contribution in [0.1, 0.15) is 0 Å². The molecule has 0 aliphatic heterocycles. The fourth-order valence-corrected chi connectivity index (χ4v) is 4.14. The van der Waals surface area contributed by atoms with Crippen molar-refractivity contribution in [3.63, 3.8) is 0 Å². The Labute approximate surface area is 148 Å². The summed E-state index contributed by atoms with van der Waals surface area (Å²) in [6, 6.07) is 30.1. The molecule has 0 saturated heterocycles. The third-order valence-electron chi connectivity index (χ3n) is 4.66. The number of rotatable bonds is 1. The number of benzene rings is 4. The highest BCUT2D eigenvalue weighted by Gasteiger charge is 2.14. The second-order valence-corrected chi connectivity index (χ2v) is 6.84. The summed E-state index contributed by atoms with van der Waals surface area (Å²) >= 11 is 3.69.